The minimum absolute atomic E-state index is 0.229. The first kappa shape index (κ1) is 11.1. The normalized spacial score (nSPS) is 19.0. The molecule has 0 aromatic carbocycles. The minimum atomic E-state index is -0.527. The molecule has 1 aliphatic carbocycles. The maximum absolute atomic E-state index is 10.6. The van der Waals surface area contributed by atoms with Crippen LogP contribution >= 0.6 is 0 Å². The fourth-order valence-corrected chi connectivity index (χ4v) is 1.59. The van der Waals surface area contributed by atoms with Crippen molar-refractivity contribution in [2.24, 2.45) is 5.73 Å². The van der Waals surface area contributed by atoms with Crippen LogP contribution in [0.1, 0.15) is 47.8 Å². The first-order valence-corrected chi connectivity index (χ1v) is 5.74. The zero-order valence-corrected chi connectivity index (χ0v) is 9.24. The second-order valence-corrected chi connectivity index (χ2v) is 4.21. The maximum Gasteiger partial charge on any atom is 0.270 e. The van der Waals surface area contributed by atoms with E-state index in [1.165, 1.54) is 25.9 Å². The molecule has 0 atom stereocenters. The Morgan fingerprint density at radius 1 is 1.44 bits per heavy atom. The SMILES string of the molecule is C1CCNC1.NC(=O)c1cc(C2CC2)on1. The third kappa shape index (κ3) is 3.06. The smallest absolute Gasteiger partial charge is 0.270 e. The summed E-state index contributed by atoms with van der Waals surface area (Å²) >= 11 is 0. The number of aromatic nitrogens is 1. The summed E-state index contributed by atoms with van der Waals surface area (Å²) in [4.78, 5) is 10.6. The number of carbonyl (C=O) groups excluding carboxylic acids is 1. The molecule has 88 valence electrons. The van der Waals surface area contributed by atoms with Gasteiger partial charge in [0, 0.05) is 12.0 Å². The van der Waals surface area contributed by atoms with E-state index in [9.17, 15) is 4.79 Å². The minimum Gasteiger partial charge on any atom is -0.364 e. The lowest BCUT2D eigenvalue weighted by atomic mass is 10.3. The molecule has 1 aromatic rings. The summed E-state index contributed by atoms with van der Waals surface area (Å²) in [7, 11) is 0. The number of hydrogen-bond donors (Lipinski definition) is 2. The fourth-order valence-electron chi connectivity index (χ4n) is 1.59. The Morgan fingerprint density at radius 2 is 2.12 bits per heavy atom. The molecule has 1 aliphatic heterocycles. The molecule has 3 rings (SSSR count). The van der Waals surface area contributed by atoms with Crippen LogP contribution in [0.5, 0.6) is 0 Å². The molecule has 3 N–H and O–H groups in total. The second kappa shape index (κ2) is 5.12. The molecule has 2 aliphatic rings. The quantitative estimate of drug-likeness (QED) is 0.784. The van der Waals surface area contributed by atoms with Crippen molar-refractivity contribution in [3.05, 3.63) is 17.5 Å². The molecule has 16 heavy (non-hydrogen) atoms. The van der Waals surface area contributed by atoms with Gasteiger partial charge in [0.05, 0.1) is 0 Å². The van der Waals surface area contributed by atoms with Gasteiger partial charge in [0.2, 0.25) is 0 Å². The highest BCUT2D eigenvalue weighted by Crippen LogP contribution is 2.40. The Kier molecular flexibility index (Phi) is 3.56. The van der Waals surface area contributed by atoms with Crippen LogP contribution in [-0.2, 0) is 0 Å². The lowest BCUT2D eigenvalue weighted by molar-refractivity contribution is 0.0991. The molecule has 2 heterocycles. The van der Waals surface area contributed by atoms with E-state index in [1.54, 1.807) is 6.07 Å². The molecule has 2 fully saturated rings. The van der Waals surface area contributed by atoms with Gasteiger partial charge in [-0.3, -0.25) is 4.79 Å². The zero-order valence-electron chi connectivity index (χ0n) is 9.24. The van der Waals surface area contributed by atoms with Gasteiger partial charge in [0.15, 0.2) is 5.69 Å². The van der Waals surface area contributed by atoms with Gasteiger partial charge >= 0.3 is 0 Å². The van der Waals surface area contributed by atoms with Crippen molar-refractivity contribution >= 4 is 5.91 Å². The molecule has 1 amide bonds. The van der Waals surface area contributed by atoms with Crippen LogP contribution in [0.4, 0.5) is 0 Å². The Labute approximate surface area is 94.4 Å². The lowest BCUT2D eigenvalue weighted by Crippen LogP contribution is -2.10. The summed E-state index contributed by atoms with van der Waals surface area (Å²) in [5.41, 5.74) is 5.21. The fraction of sp³-hybridized carbons (Fsp3) is 0.636. The van der Waals surface area contributed by atoms with E-state index in [4.69, 9.17) is 10.3 Å². The molecule has 1 saturated carbocycles. The van der Waals surface area contributed by atoms with E-state index < -0.39 is 5.91 Å². The van der Waals surface area contributed by atoms with Crippen LogP contribution < -0.4 is 11.1 Å². The van der Waals surface area contributed by atoms with Gasteiger partial charge in [0.25, 0.3) is 5.91 Å². The summed E-state index contributed by atoms with van der Waals surface area (Å²) in [6, 6.07) is 1.62. The zero-order chi connectivity index (χ0) is 11.4. The number of nitrogens with zero attached hydrogens (tertiary/aromatic N) is 1. The van der Waals surface area contributed by atoms with Crippen molar-refractivity contribution < 1.29 is 9.32 Å². The highest BCUT2D eigenvalue weighted by Gasteiger charge is 2.28. The predicted octanol–water partition coefficient (Wildman–Crippen LogP) is 1.02. The highest BCUT2D eigenvalue weighted by molar-refractivity contribution is 5.90. The second-order valence-electron chi connectivity index (χ2n) is 4.21. The van der Waals surface area contributed by atoms with Gasteiger partial charge in [-0.2, -0.15) is 0 Å². The maximum atomic E-state index is 10.6. The van der Waals surface area contributed by atoms with Crippen LogP contribution in [0.2, 0.25) is 0 Å². The van der Waals surface area contributed by atoms with E-state index in [0.29, 0.717) is 5.92 Å². The number of rotatable bonds is 2. The third-order valence-electron chi connectivity index (χ3n) is 2.72. The van der Waals surface area contributed by atoms with Crippen LogP contribution in [0.25, 0.3) is 0 Å². The first-order chi connectivity index (χ1) is 7.77. The van der Waals surface area contributed by atoms with Crippen molar-refractivity contribution in [2.45, 2.75) is 31.6 Å². The van der Waals surface area contributed by atoms with Crippen molar-refractivity contribution in [3.8, 4) is 0 Å². The Bertz CT molecular complexity index is 346. The van der Waals surface area contributed by atoms with Gasteiger partial charge in [0.1, 0.15) is 5.76 Å². The number of carbonyl (C=O) groups is 1. The number of nitrogens with one attached hydrogen (secondary N) is 1. The predicted molar refractivity (Wildman–Crippen MR) is 59.1 cm³/mol. The molecule has 0 unspecified atom stereocenters. The number of hydrogen-bond acceptors (Lipinski definition) is 4. The van der Waals surface area contributed by atoms with E-state index in [2.05, 4.69) is 10.5 Å². The number of nitrogens with two attached hydrogens (primary N) is 1. The van der Waals surface area contributed by atoms with E-state index in [-0.39, 0.29) is 5.69 Å². The van der Waals surface area contributed by atoms with Crippen molar-refractivity contribution in [2.75, 3.05) is 13.1 Å². The van der Waals surface area contributed by atoms with Crippen LogP contribution in [0.15, 0.2) is 10.6 Å². The van der Waals surface area contributed by atoms with Crippen molar-refractivity contribution in [3.63, 3.8) is 0 Å². The molecular weight excluding hydrogens is 206 g/mol. The molecule has 1 saturated heterocycles. The molecule has 0 bridgehead atoms. The summed E-state index contributed by atoms with van der Waals surface area (Å²) < 4.78 is 4.90. The van der Waals surface area contributed by atoms with Crippen LogP contribution in [0.3, 0.4) is 0 Å². The molecule has 0 radical (unpaired) electrons. The topological polar surface area (TPSA) is 81.1 Å². The Hall–Kier alpha value is -1.36. The third-order valence-corrected chi connectivity index (χ3v) is 2.72. The lowest BCUT2D eigenvalue weighted by Gasteiger charge is -1.80. The van der Waals surface area contributed by atoms with Crippen molar-refractivity contribution in [1.82, 2.24) is 10.5 Å². The number of amides is 1. The van der Waals surface area contributed by atoms with Crippen LogP contribution in [-0.4, -0.2) is 24.2 Å². The van der Waals surface area contributed by atoms with Gasteiger partial charge in [-0.1, -0.05) is 5.16 Å². The van der Waals surface area contributed by atoms with E-state index in [1.807, 2.05) is 0 Å². The average Bonchev–Trinajstić information content (AvgIpc) is 2.83. The van der Waals surface area contributed by atoms with Gasteiger partial charge in [-0.25, -0.2) is 0 Å². The highest BCUT2D eigenvalue weighted by atomic mass is 16.5. The Morgan fingerprint density at radius 3 is 2.50 bits per heavy atom. The monoisotopic (exact) mass is 223 g/mol. The summed E-state index contributed by atoms with van der Waals surface area (Å²) in [5.74, 6) is 0.745. The molecule has 0 spiro atoms. The molecule has 5 heteroatoms. The van der Waals surface area contributed by atoms with Gasteiger partial charge in [-0.15, -0.1) is 0 Å². The average molecular weight is 223 g/mol. The Balaban J connectivity index is 0.000000162. The van der Waals surface area contributed by atoms with Crippen LogP contribution in [0, 0.1) is 0 Å². The standard InChI is InChI=1S/C7H8N2O2.C4H9N/c8-7(10)5-3-6(11-9-5)4-1-2-4;1-2-4-5-3-1/h3-4H,1-2H2,(H2,8,10);5H,1-4H2. The first-order valence-electron chi connectivity index (χ1n) is 5.74. The van der Waals surface area contributed by atoms with E-state index >= 15 is 0 Å². The molecule has 1 aromatic heterocycles. The number of primary amides is 1. The molecular formula is C11H17N3O2. The van der Waals surface area contributed by atoms with E-state index in [0.717, 1.165) is 18.6 Å². The molecule has 5 nitrogen and oxygen atoms in total. The van der Waals surface area contributed by atoms with Gasteiger partial charge < -0.3 is 15.6 Å². The largest absolute Gasteiger partial charge is 0.364 e. The van der Waals surface area contributed by atoms with Crippen molar-refractivity contribution in [1.29, 1.82) is 0 Å². The summed E-state index contributed by atoms with van der Waals surface area (Å²) in [6.07, 6.45) is 5.04. The summed E-state index contributed by atoms with van der Waals surface area (Å²) in [5, 5.41) is 6.75. The van der Waals surface area contributed by atoms with Gasteiger partial charge in [-0.05, 0) is 38.8 Å². The summed E-state index contributed by atoms with van der Waals surface area (Å²) in [6.45, 7) is 2.50.